The van der Waals surface area contributed by atoms with Crippen LogP contribution in [-0.4, -0.2) is 16.3 Å². The standard InChI is InChI=1S/C16H22BrN3/c1-5-18-12(4)14-7-6-13(17)10-16(14)20-9-8-15(19-20)11(2)3/h6-12,18H,5H2,1-4H3. The van der Waals surface area contributed by atoms with Gasteiger partial charge in [0.15, 0.2) is 0 Å². The average molecular weight is 336 g/mol. The van der Waals surface area contributed by atoms with E-state index < -0.39 is 0 Å². The maximum Gasteiger partial charge on any atom is 0.0704 e. The second-order valence-corrected chi connectivity index (χ2v) is 6.24. The van der Waals surface area contributed by atoms with Gasteiger partial charge in [-0.05, 0) is 43.1 Å². The Kier molecular flexibility index (Phi) is 5.00. The minimum absolute atomic E-state index is 0.301. The van der Waals surface area contributed by atoms with Gasteiger partial charge in [-0.2, -0.15) is 5.10 Å². The Bertz CT molecular complexity index is 575. The number of rotatable bonds is 5. The Labute approximate surface area is 129 Å². The van der Waals surface area contributed by atoms with E-state index in [0.717, 1.165) is 22.4 Å². The van der Waals surface area contributed by atoms with Crippen molar-refractivity contribution in [3.05, 3.63) is 46.2 Å². The first kappa shape index (κ1) is 15.3. The van der Waals surface area contributed by atoms with Crippen LogP contribution in [0.4, 0.5) is 0 Å². The first-order chi connectivity index (χ1) is 9.52. The summed E-state index contributed by atoms with van der Waals surface area (Å²) in [6, 6.07) is 8.76. The second-order valence-electron chi connectivity index (χ2n) is 5.32. The highest BCUT2D eigenvalue weighted by atomic mass is 79.9. The molecule has 2 aromatic rings. The van der Waals surface area contributed by atoms with Gasteiger partial charge in [-0.15, -0.1) is 0 Å². The number of halogens is 1. The van der Waals surface area contributed by atoms with Crippen molar-refractivity contribution >= 4 is 15.9 Å². The average Bonchev–Trinajstić information content (AvgIpc) is 2.88. The lowest BCUT2D eigenvalue weighted by atomic mass is 10.1. The molecule has 108 valence electrons. The van der Waals surface area contributed by atoms with Crippen LogP contribution in [0.3, 0.4) is 0 Å². The summed E-state index contributed by atoms with van der Waals surface area (Å²) in [7, 11) is 0. The van der Waals surface area contributed by atoms with Crippen LogP contribution in [0.15, 0.2) is 34.9 Å². The highest BCUT2D eigenvalue weighted by molar-refractivity contribution is 9.10. The Hall–Kier alpha value is -1.13. The van der Waals surface area contributed by atoms with Crippen molar-refractivity contribution in [3.8, 4) is 5.69 Å². The highest BCUT2D eigenvalue weighted by Crippen LogP contribution is 2.26. The first-order valence-corrected chi connectivity index (χ1v) is 7.91. The fraction of sp³-hybridized carbons (Fsp3) is 0.438. The van der Waals surface area contributed by atoms with Crippen molar-refractivity contribution in [1.82, 2.24) is 15.1 Å². The van der Waals surface area contributed by atoms with Crippen molar-refractivity contribution < 1.29 is 0 Å². The van der Waals surface area contributed by atoms with E-state index in [1.165, 1.54) is 5.56 Å². The Balaban J connectivity index is 2.45. The summed E-state index contributed by atoms with van der Waals surface area (Å²) in [6.45, 7) is 9.58. The molecule has 4 heteroatoms. The van der Waals surface area contributed by atoms with Gasteiger partial charge in [-0.25, -0.2) is 4.68 Å². The fourth-order valence-electron chi connectivity index (χ4n) is 2.28. The van der Waals surface area contributed by atoms with Gasteiger partial charge in [0.05, 0.1) is 11.4 Å². The summed E-state index contributed by atoms with van der Waals surface area (Å²) in [6.07, 6.45) is 2.04. The maximum absolute atomic E-state index is 4.69. The molecule has 0 radical (unpaired) electrons. The summed E-state index contributed by atoms with van der Waals surface area (Å²) in [4.78, 5) is 0. The van der Waals surface area contributed by atoms with Crippen LogP contribution in [0.2, 0.25) is 0 Å². The van der Waals surface area contributed by atoms with Crippen LogP contribution in [0.1, 0.15) is 50.9 Å². The third-order valence-electron chi connectivity index (χ3n) is 3.42. The predicted octanol–water partition coefficient (Wildman–Crippen LogP) is 4.43. The van der Waals surface area contributed by atoms with Gasteiger partial charge in [0.1, 0.15) is 0 Å². The summed E-state index contributed by atoms with van der Waals surface area (Å²) < 4.78 is 3.05. The molecule has 2 rings (SSSR count). The predicted molar refractivity (Wildman–Crippen MR) is 87.4 cm³/mol. The third-order valence-corrected chi connectivity index (χ3v) is 3.91. The molecule has 0 aliphatic carbocycles. The number of benzene rings is 1. The molecule has 0 aliphatic heterocycles. The molecule has 0 spiro atoms. The Morgan fingerprint density at radius 1 is 1.25 bits per heavy atom. The molecule has 0 bridgehead atoms. The van der Waals surface area contributed by atoms with Crippen LogP contribution in [0.25, 0.3) is 5.69 Å². The number of hydrogen-bond donors (Lipinski definition) is 1. The number of hydrogen-bond acceptors (Lipinski definition) is 2. The zero-order valence-corrected chi connectivity index (χ0v) is 14.1. The van der Waals surface area contributed by atoms with Crippen molar-refractivity contribution in [2.24, 2.45) is 0 Å². The van der Waals surface area contributed by atoms with Gasteiger partial charge in [0.2, 0.25) is 0 Å². The summed E-state index contributed by atoms with van der Waals surface area (Å²) in [5.41, 5.74) is 3.50. The molecule has 0 amide bonds. The van der Waals surface area contributed by atoms with Gasteiger partial charge < -0.3 is 5.32 Å². The number of aromatic nitrogens is 2. The SMILES string of the molecule is CCNC(C)c1ccc(Br)cc1-n1ccc(C(C)C)n1. The second kappa shape index (κ2) is 6.55. The first-order valence-electron chi connectivity index (χ1n) is 7.11. The van der Waals surface area contributed by atoms with Crippen molar-refractivity contribution in [2.75, 3.05) is 6.54 Å². The normalized spacial score (nSPS) is 12.9. The highest BCUT2D eigenvalue weighted by Gasteiger charge is 2.13. The molecule has 0 saturated carbocycles. The Morgan fingerprint density at radius 3 is 2.60 bits per heavy atom. The lowest BCUT2D eigenvalue weighted by Gasteiger charge is -2.17. The van der Waals surface area contributed by atoms with Crippen LogP contribution < -0.4 is 5.32 Å². The van der Waals surface area contributed by atoms with Crippen molar-refractivity contribution in [2.45, 2.75) is 39.7 Å². The fourth-order valence-corrected chi connectivity index (χ4v) is 2.63. The minimum Gasteiger partial charge on any atom is -0.310 e. The molecule has 1 aromatic heterocycles. The zero-order chi connectivity index (χ0) is 14.7. The van der Waals surface area contributed by atoms with Crippen LogP contribution in [-0.2, 0) is 0 Å². The topological polar surface area (TPSA) is 29.9 Å². The minimum atomic E-state index is 0.301. The van der Waals surface area contributed by atoms with E-state index in [1.807, 2.05) is 10.9 Å². The molecule has 0 saturated heterocycles. The molecular formula is C16H22BrN3. The largest absolute Gasteiger partial charge is 0.310 e. The van der Waals surface area contributed by atoms with E-state index in [4.69, 9.17) is 5.10 Å². The van der Waals surface area contributed by atoms with Gasteiger partial charge in [-0.3, -0.25) is 0 Å². The van der Waals surface area contributed by atoms with E-state index in [2.05, 4.69) is 73.2 Å². The molecule has 20 heavy (non-hydrogen) atoms. The quantitative estimate of drug-likeness (QED) is 0.875. The molecule has 1 N–H and O–H groups in total. The Morgan fingerprint density at radius 2 is 2.00 bits per heavy atom. The van der Waals surface area contributed by atoms with Gasteiger partial charge in [-0.1, -0.05) is 42.8 Å². The lowest BCUT2D eigenvalue weighted by Crippen LogP contribution is -2.19. The smallest absolute Gasteiger partial charge is 0.0704 e. The summed E-state index contributed by atoms with van der Waals surface area (Å²) in [5.74, 6) is 0.443. The molecule has 3 nitrogen and oxygen atoms in total. The van der Waals surface area contributed by atoms with Gasteiger partial charge >= 0.3 is 0 Å². The van der Waals surface area contributed by atoms with Crippen LogP contribution in [0.5, 0.6) is 0 Å². The molecule has 0 fully saturated rings. The monoisotopic (exact) mass is 335 g/mol. The third kappa shape index (κ3) is 3.30. The van der Waals surface area contributed by atoms with Crippen molar-refractivity contribution in [3.63, 3.8) is 0 Å². The molecular weight excluding hydrogens is 314 g/mol. The van der Waals surface area contributed by atoms with Crippen LogP contribution >= 0.6 is 15.9 Å². The zero-order valence-electron chi connectivity index (χ0n) is 12.5. The number of nitrogens with zero attached hydrogens (tertiary/aromatic N) is 2. The number of nitrogens with one attached hydrogen (secondary N) is 1. The van der Waals surface area contributed by atoms with Gasteiger partial charge in [0.25, 0.3) is 0 Å². The van der Waals surface area contributed by atoms with Crippen molar-refractivity contribution in [1.29, 1.82) is 0 Å². The summed E-state index contributed by atoms with van der Waals surface area (Å²) in [5, 5.41) is 8.16. The van der Waals surface area contributed by atoms with E-state index in [-0.39, 0.29) is 0 Å². The maximum atomic E-state index is 4.69. The van der Waals surface area contributed by atoms with Gasteiger partial charge in [0, 0.05) is 16.7 Å². The van der Waals surface area contributed by atoms with E-state index in [0.29, 0.717) is 12.0 Å². The van der Waals surface area contributed by atoms with E-state index in [9.17, 15) is 0 Å². The van der Waals surface area contributed by atoms with Crippen LogP contribution in [0, 0.1) is 0 Å². The van der Waals surface area contributed by atoms with E-state index in [1.54, 1.807) is 0 Å². The molecule has 0 aliphatic rings. The lowest BCUT2D eigenvalue weighted by molar-refractivity contribution is 0.592. The van der Waals surface area contributed by atoms with E-state index >= 15 is 0 Å². The molecule has 1 heterocycles. The molecule has 1 aromatic carbocycles. The molecule has 1 atom stereocenters. The molecule has 1 unspecified atom stereocenters. The summed E-state index contributed by atoms with van der Waals surface area (Å²) >= 11 is 3.56.